The van der Waals surface area contributed by atoms with Crippen LogP contribution < -0.4 is 10.2 Å². The minimum atomic E-state index is -3.92. The Morgan fingerprint density at radius 1 is 1.06 bits per heavy atom. The molecule has 0 spiro atoms. The maximum Gasteiger partial charge on any atom is 0.258 e. The number of unbranched alkanes of at least 4 members (excludes halogenated alkanes) is 1. The van der Waals surface area contributed by atoms with Crippen molar-refractivity contribution in [3.8, 4) is 0 Å². The van der Waals surface area contributed by atoms with Gasteiger partial charge in [-0.3, -0.25) is 9.59 Å². The van der Waals surface area contributed by atoms with Crippen LogP contribution in [0.1, 0.15) is 30.1 Å². The number of rotatable bonds is 7. The molecular formula is C23H21FN2O4S. The number of hydrogen-bond acceptors (Lipinski definition) is 4. The average Bonchev–Trinajstić information content (AvgIpc) is 3.01. The van der Waals surface area contributed by atoms with E-state index in [0.29, 0.717) is 23.2 Å². The quantitative estimate of drug-likeness (QED) is 0.560. The molecule has 0 unspecified atom stereocenters. The second kappa shape index (κ2) is 8.11. The lowest BCUT2D eigenvalue weighted by atomic mass is 10.0. The summed E-state index contributed by atoms with van der Waals surface area (Å²) in [5, 5.41) is 4.08. The zero-order valence-corrected chi connectivity index (χ0v) is 17.7. The van der Waals surface area contributed by atoms with Crippen LogP contribution in [0.4, 0.5) is 15.8 Å². The van der Waals surface area contributed by atoms with Gasteiger partial charge in [0.1, 0.15) is 11.6 Å². The largest absolute Gasteiger partial charge is 0.325 e. The maximum absolute atomic E-state index is 13.1. The fourth-order valence-corrected chi connectivity index (χ4v) is 4.91. The molecule has 160 valence electrons. The lowest BCUT2D eigenvalue weighted by Gasteiger charge is -2.17. The van der Waals surface area contributed by atoms with Crippen LogP contribution in [0.2, 0.25) is 0 Å². The highest BCUT2D eigenvalue weighted by molar-refractivity contribution is 7.92. The summed E-state index contributed by atoms with van der Waals surface area (Å²) >= 11 is 0. The molecule has 31 heavy (non-hydrogen) atoms. The van der Waals surface area contributed by atoms with E-state index in [1.54, 1.807) is 35.2 Å². The van der Waals surface area contributed by atoms with E-state index in [1.165, 1.54) is 0 Å². The third kappa shape index (κ3) is 3.90. The molecule has 3 aromatic rings. The normalized spacial score (nSPS) is 13.1. The Labute approximate surface area is 179 Å². The molecule has 0 atom stereocenters. The number of benzene rings is 3. The first kappa shape index (κ1) is 21.0. The van der Waals surface area contributed by atoms with Gasteiger partial charge in [0.05, 0.1) is 10.6 Å². The molecule has 6 nitrogen and oxygen atoms in total. The molecular weight excluding hydrogens is 419 g/mol. The first-order valence-electron chi connectivity index (χ1n) is 9.97. The van der Waals surface area contributed by atoms with Crippen LogP contribution in [0.15, 0.2) is 59.5 Å². The molecule has 0 fully saturated rings. The van der Waals surface area contributed by atoms with Gasteiger partial charge >= 0.3 is 0 Å². The number of hydrogen-bond donors (Lipinski definition) is 1. The van der Waals surface area contributed by atoms with E-state index in [9.17, 15) is 22.4 Å². The highest BCUT2D eigenvalue weighted by Crippen LogP contribution is 2.40. The summed E-state index contributed by atoms with van der Waals surface area (Å²) in [5.74, 6) is -2.12. The summed E-state index contributed by atoms with van der Waals surface area (Å²) in [5.41, 5.74) is 1.80. The Morgan fingerprint density at radius 2 is 1.81 bits per heavy atom. The van der Waals surface area contributed by atoms with E-state index >= 15 is 0 Å². The van der Waals surface area contributed by atoms with Gasteiger partial charge in [0.2, 0.25) is 5.91 Å². The Kier molecular flexibility index (Phi) is 5.49. The van der Waals surface area contributed by atoms with Crippen LogP contribution in [0.25, 0.3) is 10.8 Å². The summed E-state index contributed by atoms with van der Waals surface area (Å²) in [6.45, 7) is 2.67. The molecule has 4 rings (SSSR count). The molecule has 0 aliphatic carbocycles. The zero-order chi connectivity index (χ0) is 22.2. The summed E-state index contributed by atoms with van der Waals surface area (Å²) in [6.07, 6.45) is 1.83. The number of sulfone groups is 1. The van der Waals surface area contributed by atoms with Gasteiger partial charge < -0.3 is 10.2 Å². The maximum atomic E-state index is 13.1. The molecule has 1 heterocycles. The molecule has 3 aromatic carbocycles. The van der Waals surface area contributed by atoms with E-state index in [4.69, 9.17) is 0 Å². The van der Waals surface area contributed by atoms with Gasteiger partial charge in [-0.2, -0.15) is 0 Å². The predicted octanol–water partition coefficient (Wildman–Crippen LogP) is 4.15. The standard InChI is InChI=1S/C23H21FN2O4S/c1-2-3-13-26-20-12-11-19(17-5-4-6-18(22(17)20)23(26)28)25-21(27)14-31(29,30)16-9-7-15(24)8-10-16/h4-12H,2-3,13-14H2,1H3,(H,25,27). The van der Waals surface area contributed by atoms with E-state index in [2.05, 4.69) is 12.2 Å². The number of amides is 2. The SMILES string of the molecule is CCCCN1C(=O)c2cccc3c(NC(=O)CS(=O)(=O)c4ccc(F)cc4)ccc1c23. The van der Waals surface area contributed by atoms with E-state index < -0.39 is 27.3 Å². The van der Waals surface area contributed by atoms with Gasteiger partial charge in [-0.1, -0.05) is 25.5 Å². The number of nitrogens with zero attached hydrogens (tertiary/aromatic N) is 1. The summed E-state index contributed by atoms with van der Waals surface area (Å²) < 4.78 is 38.0. The lowest BCUT2D eigenvalue weighted by molar-refractivity contribution is -0.113. The minimum Gasteiger partial charge on any atom is -0.325 e. The molecule has 1 N–H and O–H groups in total. The molecule has 0 saturated heterocycles. The van der Waals surface area contributed by atoms with Crippen molar-refractivity contribution in [3.05, 3.63) is 66.0 Å². The average molecular weight is 440 g/mol. The Balaban J connectivity index is 1.62. The van der Waals surface area contributed by atoms with Gasteiger partial charge in [0.25, 0.3) is 5.91 Å². The second-order valence-corrected chi connectivity index (χ2v) is 9.42. The Morgan fingerprint density at radius 3 is 2.52 bits per heavy atom. The molecule has 0 bridgehead atoms. The molecule has 0 saturated carbocycles. The van der Waals surface area contributed by atoms with Gasteiger partial charge in [-0.05, 0) is 48.9 Å². The fourth-order valence-electron chi connectivity index (χ4n) is 3.78. The Bertz CT molecular complexity index is 1290. The van der Waals surface area contributed by atoms with Gasteiger partial charge in [0.15, 0.2) is 9.84 Å². The molecule has 2 amide bonds. The third-order valence-corrected chi connectivity index (χ3v) is 6.92. The molecule has 0 aromatic heterocycles. The molecule has 1 aliphatic rings. The van der Waals surface area contributed by atoms with Gasteiger partial charge in [-0.15, -0.1) is 0 Å². The van der Waals surface area contributed by atoms with Crippen molar-refractivity contribution in [1.82, 2.24) is 0 Å². The van der Waals surface area contributed by atoms with Crippen molar-refractivity contribution in [2.75, 3.05) is 22.5 Å². The van der Waals surface area contributed by atoms with Crippen LogP contribution in [0.3, 0.4) is 0 Å². The van der Waals surface area contributed by atoms with Crippen LogP contribution in [-0.2, 0) is 14.6 Å². The predicted molar refractivity (Wildman–Crippen MR) is 118 cm³/mol. The van der Waals surface area contributed by atoms with Crippen LogP contribution in [0, 0.1) is 5.82 Å². The zero-order valence-electron chi connectivity index (χ0n) is 16.9. The van der Waals surface area contributed by atoms with E-state index in [-0.39, 0.29) is 10.8 Å². The van der Waals surface area contributed by atoms with Crippen molar-refractivity contribution in [3.63, 3.8) is 0 Å². The van der Waals surface area contributed by atoms with Crippen molar-refractivity contribution >= 4 is 43.8 Å². The molecule has 0 radical (unpaired) electrons. The molecule has 1 aliphatic heterocycles. The second-order valence-electron chi connectivity index (χ2n) is 7.43. The first-order chi connectivity index (χ1) is 14.8. The summed E-state index contributed by atoms with van der Waals surface area (Å²) in [7, 11) is -3.92. The minimum absolute atomic E-state index is 0.0728. The summed E-state index contributed by atoms with van der Waals surface area (Å²) in [6, 6.07) is 13.1. The Hall–Kier alpha value is -3.26. The van der Waals surface area contributed by atoms with Crippen molar-refractivity contribution in [2.24, 2.45) is 0 Å². The highest BCUT2D eigenvalue weighted by Gasteiger charge is 2.30. The van der Waals surface area contributed by atoms with Crippen LogP contribution in [0.5, 0.6) is 0 Å². The third-order valence-electron chi connectivity index (χ3n) is 5.29. The van der Waals surface area contributed by atoms with Crippen molar-refractivity contribution in [2.45, 2.75) is 24.7 Å². The van der Waals surface area contributed by atoms with Crippen LogP contribution >= 0.6 is 0 Å². The van der Waals surface area contributed by atoms with Crippen molar-refractivity contribution < 1.29 is 22.4 Å². The lowest BCUT2D eigenvalue weighted by Crippen LogP contribution is -2.27. The van der Waals surface area contributed by atoms with Gasteiger partial charge in [-0.25, -0.2) is 12.8 Å². The molecule has 8 heteroatoms. The van der Waals surface area contributed by atoms with Gasteiger partial charge in [0, 0.05) is 28.6 Å². The van der Waals surface area contributed by atoms with E-state index in [1.807, 2.05) is 0 Å². The first-order valence-corrected chi connectivity index (χ1v) is 11.6. The number of nitrogens with one attached hydrogen (secondary N) is 1. The monoisotopic (exact) mass is 440 g/mol. The number of halogens is 1. The fraction of sp³-hybridized carbons (Fsp3) is 0.217. The number of carbonyl (C=O) groups excluding carboxylic acids is 2. The number of anilines is 2. The smallest absolute Gasteiger partial charge is 0.258 e. The van der Waals surface area contributed by atoms with Crippen LogP contribution in [-0.4, -0.2) is 32.5 Å². The van der Waals surface area contributed by atoms with E-state index in [0.717, 1.165) is 48.2 Å². The topological polar surface area (TPSA) is 83.6 Å². The number of carbonyl (C=O) groups is 2. The highest BCUT2D eigenvalue weighted by atomic mass is 32.2. The summed E-state index contributed by atoms with van der Waals surface area (Å²) in [4.78, 5) is 27.0. The van der Waals surface area contributed by atoms with Crippen molar-refractivity contribution in [1.29, 1.82) is 0 Å².